The maximum atomic E-state index is 11.3. The quantitative estimate of drug-likeness (QED) is 0.797. The lowest BCUT2D eigenvalue weighted by Gasteiger charge is -2.13. The molecule has 1 aromatic carbocycles. The number of phenolic OH excluding ortho intramolecular Hbond substituents is 1. The molecule has 0 saturated carbocycles. The minimum absolute atomic E-state index is 0.0128. The van der Waals surface area contributed by atoms with Crippen molar-refractivity contribution in [2.75, 3.05) is 7.11 Å². The molecule has 0 radical (unpaired) electrons. The van der Waals surface area contributed by atoms with E-state index in [1.54, 1.807) is 6.07 Å². The van der Waals surface area contributed by atoms with Crippen molar-refractivity contribution < 1.29 is 19.4 Å². The zero-order valence-corrected chi connectivity index (χ0v) is 9.69. The predicted molar refractivity (Wildman–Crippen MR) is 59.8 cm³/mol. The summed E-state index contributed by atoms with van der Waals surface area (Å²) in [5.41, 5.74) is 0.279. The lowest BCUT2D eigenvalue weighted by molar-refractivity contribution is 0.0599. The molecule has 0 aliphatic rings. The van der Waals surface area contributed by atoms with Gasteiger partial charge in [0.15, 0.2) is 0 Å². The highest BCUT2D eigenvalue weighted by Crippen LogP contribution is 2.23. The third kappa shape index (κ3) is 3.15. The summed E-state index contributed by atoms with van der Waals surface area (Å²) in [6.07, 6.45) is 0.885. The molecule has 1 atom stereocenters. The lowest BCUT2D eigenvalue weighted by atomic mass is 10.2. The molecule has 1 N–H and O–H groups in total. The third-order valence-electron chi connectivity index (χ3n) is 2.22. The summed E-state index contributed by atoms with van der Waals surface area (Å²) in [4.78, 5) is 11.3. The van der Waals surface area contributed by atoms with Gasteiger partial charge in [0.2, 0.25) is 0 Å². The number of hydrogen-bond donors (Lipinski definition) is 1. The first-order valence-corrected chi connectivity index (χ1v) is 5.15. The Morgan fingerprint density at radius 2 is 2.12 bits per heavy atom. The zero-order valence-electron chi connectivity index (χ0n) is 9.69. The summed E-state index contributed by atoms with van der Waals surface area (Å²) >= 11 is 0. The number of carbonyl (C=O) groups is 1. The predicted octanol–water partition coefficient (Wildman–Crippen LogP) is 2.36. The number of hydrogen-bond acceptors (Lipinski definition) is 4. The van der Waals surface area contributed by atoms with Gasteiger partial charge in [-0.3, -0.25) is 0 Å². The molecule has 0 bridgehead atoms. The van der Waals surface area contributed by atoms with Crippen molar-refractivity contribution in [2.45, 2.75) is 26.4 Å². The number of aromatic hydroxyl groups is 1. The standard InChI is InChI=1S/C12H16O4/c1-4-8(2)16-11-6-9(12(14)15-3)5-10(13)7-11/h5-8,13H,4H2,1-3H3/t8-/m0/s1. The Balaban J connectivity index is 2.94. The molecule has 0 unspecified atom stereocenters. The van der Waals surface area contributed by atoms with Crippen molar-refractivity contribution in [2.24, 2.45) is 0 Å². The molecule has 88 valence electrons. The Morgan fingerprint density at radius 3 is 2.69 bits per heavy atom. The fourth-order valence-electron chi connectivity index (χ4n) is 1.20. The van der Waals surface area contributed by atoms with Crippen molar-refractivity contribution in [3.8, 4) is 11.5 Å². The van der Waals surface area contributed by atoms with Crippen LogP contribution in [0.25, 0.3) is 0 Å². The summed E-state index contributed by atoms with van der Waals surface area (Å²) in [5.74, 6) is -0.0409. The largest absolute Gasteiger partial charge is 0.508 e. The van der Waals surface area contributed by atoms with Crippen LogP contribution in [-0.4, -0.2) is 24.3 Å². The van der Waals surface area contributed by atoms with Crippen molar-refractivity contribution in [1.82, 2.24) is 0 Å². The number of phenols is 1. The van der Waals surface area contributed by atoms with E-state index in [4.69, 9.17) is 4.74 Å². The van der Waals surface area contributed by atoms with Crippen LogP contribution in [0.15, 0.2) is 18.2 Å². The second kappa shape index (κ2) is 5.39. The van der Waals surface area contributed by atoms with Gasteiger partial charge in [-0.15, -0.1) is 0 Å². The normalized spacial score (nSPS) is 11.9. The van der Waals surface area contributed by atoms with Gasteiger partial charge in [-0.1, -0.05) is 6.92 Å². The molecule has 0 amide bonds. The molecule has 4 heteroatoms. The summed E-state index contributed by atoms with van der Waals surface area (Å²) in [7, 11) is 1.29. The van der Waals surface area contributed by atoms with Crippen LogP contribution in [0.2, 0.25) is 0 Å². The number of methoxy groups -OCH3 is 1. The van der Waals surface area contributed by atoms with Crippen LogP contribution in [0.4, 0.5) is 0 Å². The molecule has 0 fully saturated rings. The summed E-state index contributed by atoms with van der Waals surface area (Å²) in [5, 5.41) is 9.44. The van der Waals surface area contributed by atoms with E-state index in [9.17, 15) is 9.90 Å². The molecule has 0 aromatic heterocycles. The van der Waals surface area contributed by atoms with Crippen LogP contribution in [0.5, 0.6) is 11.5 Å². The van der Waals surface area contributed by atoms with E-state index in [2.05, 4.69) is 4.74 Å². The Morgan fingerprint density at radius 1 is 1.44 bits per heavy atom. The highest BCUT2D eigenvalue weighted by atomic mass is 16.5. The zero-order chi connectivity index (χ0) is 12.1. The van der Waals surface area contributed by atoms with Gasteiger partial charge in [0.05, 0.1) is 18.8 Å². The minimum atomic E-state index is -0.495. The van der Waals surface area contributed by atoms with E-state index in [1.807, 2.05) is 13.8 Å². The number of benzene rings is 1. The molecule has 0 saturated heterocycles. The molecule has 0 heterocycles. The molecule has 16 heavy (non-hydrogen) atoms. The molecule has 1 aromatic rings. The molecular weight excluding hydrogens is 208 g/mol. The second-order valence-corrected chi connectivity index (χ2v) is 3.54. The third-order valence-corrected chi connectivity index (χ3v) is 2.22. The van der Waals surface area contributed by atoms with E-state index in [0.29, 0.717) is 5.75 Å². The molecule has 0 aliphatic heterocycles. The molecule has 0 spiro atoms. The van der Waals surface area contributed by atoms with Crippen LogP contribution in [0.3, 0.4) is 0 Å². The highest BCUT2D eigenvalue weighted by molar-refractivity contribution is 5.90. The Bertz CT molecular complexity index is 373. The van der Waals surface area contributed by atoms with Gasteiger partial charge in [-0.2, -0.15) is 0 Å². The Labute approximate surface area is 94.8 Å². The maximum Gasteiger partial charge on any atom is 0.338 e. The van der Waals surface area contributed by atoms with Crippen LogP contribution in [-0.2, 0) is 4.74 Å². The average molecular weight is 224 g/mol. The van der Waals surface area contributed by atoms with Crippen molar-refractivity contribution in [3.05, 3.63) is 23.8 Å². The van der Waals surface area contributed by atoms with Crippen molar-refractivity contribution in [3.63, 3.8) is 0 Å². The van der Waals surface area contributed by atoms with E-state index >= 15 is 0 Å². The van der Waals surface area contributed by atoms with Gasteiger partial charge < -0.3 is 14.6 Å². The van der Waals surface area contributed by atoms with Gasteiger partial charge in [0.25, 0.3) is 0 Å². The lowest BCUT2D eigenvalue weighted by Crippen LogP contribution is -2.10. The van der Waals surface area contributed by atoms with Gasteiger partial charge in [0, 0.05) is 6.07 Å². The maximum absolute atomic E-state index is 11.3. The average Bonchev–Trinajstić information content (AvgIpc) is 2.27. The first-order valence-electron chi connectivity index (χ1n) is 5.15. The Kier molecular flexibility index (Phi) is 4.17. The number of esters is 1. The number of ether oxygens (including phenoxy) is 2. The fraction of sp³-hybridized carbons (Fsp3) is 0.417. The van der Waals surface area contributed by atoms with E-state index in [-0.39, 0.29) is 17.4 Å². The fourth-order valence-corrected chi connectivity index (χ4v) is 1.20. The summed E-state index contributed by atoms with van der Waals surface area (Å²) < 4.78 is 10.1. The van der Waals surface area contributed by atoms with Crippen LogP contribution >= 0.6 is 0 Å². The first kappa shape index (κ1) is 12.4. The van der Waals surface area contributed by atoms with Gasteiger partial charge >= 0.3 is 5.97 Å². The van der Waals surface area contributed by atoms with E-state index in [0.717, 1.165) is 6.42 Å². The number of carbonyl (C=O) groups excluding carboxylic acids is 1. The SMILES string of the molecule is CC[C@H](C)Oc1cc(O)cc(C(=O)OC)c1. The summed E-state index contributed by atoms with van der Waals surface area (Å²) in [6.45, 7) is 3.91. The molecular formula is C12H16O4. The van der Waals surface area contributed by atoms with Crippen molar-refractivity contribution >= 4 is 5.97 Å². The first-order chi connectivity index (χ1) is 7.56. The van der Waals surface area contributed by atoms with Gasteiger partial charge in [-0.05, 0) is 25.5 Å². The second-order valence-electron chi connectivity index (χ2n) is 3.54. The topological polar surface area (TPSA) is 55.8 Å². The Hall–Kier alpha value is -1.71. The monoisotopic (exact) mass is 224 g/mol. The smallest absolute Gasteiger partial charge is 0.338 e. The molecule has 4 nitrogen and oxygen atoms in total. The van der Waals surface area contributed by atoms with Crippen LogP contribution < -0.4 is 4.74 Å². The highest BCUT2D eigenvalue weighted by Gasteiger charge is 2.10. The van der Waals surface area contributed by atoms with Crippen molar-refractivity contribution in [1.29, 1.82) is 0 Å². The van der Waals surface area contributed by atoms with Crippen LogP contribution in [0.1, 0.15) is 30.6 Å². The minimum Gasteiger partial charge on any atom is -0.508 e. The summed E-state index contributed by atoms with van der Waals surface area (Å²) in [6, 6.07) is 4.37. The van der Waals surface area contributed by atoms with E-state index in [1.165, 1.54) is 19.2 Å². The molecule has 1 rings (SSSR count). The van der Waals surface area contributed by atoms with Crippen LogP contribution in [0, 0.1) is 0 Å². The van der Waals surface area contributed by atoms with Gasteiger partial charge in [-0.25, -0.2) is 4.79 Å². The molecule has 0 aliphatic carbocycles. The van der Waals surface area contributed by atoms with E-state index < -0.39 is 5.97 Å². The number of rotatable bonds is 4. The van der Waals surface area contributed by atoms with Gasteiger partial charge in [0.1, 0.15) is 11.5 Å².